The van der Waals surface area contributed by atoms with Crippen LogP contribution in [0.5, 0.6) is 0 Å². The number of terminal acetylenes is 1. The van der Waals surface area contributed by atoms with Crippen molar-refractivity contribution in [2.75, 3.05) is 19.8 Å². The summed E-state index contributed by atoms with van der Waals surface area (Å²) in [7, 11) is 0. The summed E-state index contributed by atoms with van der Waals surface area (Å²) in [5, 5.41) is 3.54. The zero-order valence-corrected chi connectivity index (χ0v) is 9.09. The first-order valence-electron chi connectivity index (χ1n) is 5.63. The van der Waals surface area contributed by atoms with E-state index in [4.69, 9.17) is 11.2 Å². The van der Waals surface area contributed by atoms with E-state index in [2.05, 4.69) is 18.2 Å². The van der Waals surface area contributed by atoms with Crippen molar-refractivity contribution in [2.45, 2.75) is 38.6 Å². The molecule has 1 heterocycles. The van der Waals surface area contributed by atoms with E-state index in [1.54, 1.807) is 0 Å². The van der Waals surface area contributed by atoms with Gasteiger partial charge < -0.3 is 10.1 Å². The van der Waals surface area contributed by atoms with Crippen LogP contribution >= 0.6 is 0 Å². The molecule has 1 saturated heterocycles. The molecule has 1 rings (SSSR count). The van der Waals surface area contributed by atoms with Gasteiger partial charge in [-0.25, -0.2) is 0 Å². The largest absolute Gasteiger partial charge is 0.381 e. The van der Waals surface area contributed by atoms with Crippen LogP contribution in [-0.2, 0) is 4.74 Å². The molecule has 0 radical (unpaired) electrons. The molecule has 0 aromatic carbocycles. The summed E-state index contributed by atoms with van der Waals surface area (Å²) in [6.45, 7) is 5.06. The van der Waals surface area contributed by atoms with E-state index in [9.17, 15) is 0 Å². The van der Waals surface area contributed by atoms with Gasteiger partial charge in [-0.2, -0.15) is 0 Å². The van der Waals surface area contributed by atoms with Crippen LogP contribution in [0.15, 0.2) is 0 Å². The average Bonchev–Trinajstić information content (AvgIpc) is 2.25. The van der Waals surface area contributed by atoms with Crippen LogP contribution in [0, 0.1) is 18.3 Å². The van der Waals surface area contributed by atoms with Gasteiger partial charge in [0, 0.05) is 25.7 Å². The molecule has 2 heteroatoms. The highest BCUT2D eigenvalue weighted by Crippen LogP contribution is 2.20. The Labute approximate surface area is 87.4 Å². The van der Waals surface area contributed by atoms with Crippen LogP contribution in [0.1, 0.15) is 32.6 Å². The number of hydrogen-bond donors (Lipinski definition) is 1. The quantitative estimate of drug-likeness (QED) is 0.675. The Morgan fingerprint density at radius 2 is 2.21 bits per heavy atom. The maximum absolute atomic E-state index is 5.39. The van der Waals surface area contributed by atoms with Crippen molar-refractivity contribution in [1.82, 2.24) is 5.32 Å². The van der Waals surface area contributed by atoms with Crippen molar-refractivity contribution >= 4 is 0 Å². The minimum absolute atomic E-state index is 0.504. The first-order valence-corrected chi connectivity index (χ1v) is 5.63. The summed E-state index contributed by atoms with van der Waals surface area (Å²) in [6, 6.07) is 0.504. The molecule has 2 nitrogen and oxygen atoms in total. The third-order valence-corrected chi connectivity index (χ3v) is 2.83. The molecule has 0 amide bonds. The zero-order chi connectivity index (χ0) is 10.2. The average molecular weight is 195 g/mol. The van der Waals surface area contributed by atoms with Gasteiger partial charge in [0.1, 0.15) is 0 Å². The number of nitrogens with one attached hydrogen (secondary N) is 1. The molecule has 0 aliphatic carbocycles. The van der Waals surface area contributed by atoms with E-state index in [1.165, 1.54) is 6.42 Å². The lowest BCUT2D eigenvalue weighted by molar-refractivity contribution is 0.0544. The predicted molar refractivity (Wildman–Crippen MR) is 59.1 cm³/mol. The van der Waals surface area contributed by atoms with Crippen LogP contribution in [-0.4, -0.2) is 25.8 Å². The van der Waals surface area contributed by atoms with Gasteiger partial charge in [-0.15, -0.1) is 12.3 Å². The Bertz CT molecular complexity index is 179. The maximum Gasteiger partial charge on any atom is 0.0469 e. The minimum atomic E-state index is 0.504. The smallest absolute Gasteiger partial charge is 0.0469 e. The SMILES string of the molecule is C#CCC(NCCC)C1CCOCC1. The summed E-state index contributed by atoms with van der Waals surface area (Å²) in [6.07, 6.45) is 9.72. The van der Waals surface area contributed by atoms with Crippen molar-refractivity contribution in [3.8, 4) is 12.3 Å². The van der Waals surface area contributed by atoms with Crippen molar-refractivity contribution < 1.29 is 4.74 Å². The molecule has 1 fully saturated rings. The van der Waals surface area contributed by atoms with Gasteiger partial charge >= 0.3 is 0 Å². The fourth-order valence-corrected chi connectivity index (χ4v) is 1.98. The van der Waals surface area contributed by atoms with Gasteiger partial charge in [0.25, 0.3) is 0 Å². The highest BCUT2D eigenvalue weighted by molar-refractivity contribution is 4.93. The molecule has 0 spiro atoms. The second-order valence-electron chi connectivity index (χ2n) is 3.92. The summed E-state index contributed by atoms with van der Waals surface area (Å²) >= 11 is 0. The first-order chi connectivity index (χ1) is 6.88. The summed E-state index contributed by atoms with van der Waals surface area (Å²) in [4.78, 5) is 0. The monoisotopic (exact) mass is 195 g/mol. The Hall–Kier alpha value is -0.520. The van der Waals surface area contributed by atoms with Gasteiger partial charge in [0.05, 0.1) is 0 Å². The van der Waals surface area contributed by atoms with Crippen molar-refractivity contribution in [2.24, 2.45) is 5.92 Å². The van der Waals surface area contributed by atoms with E-state index in [-0.39, 0.29) is 0 Å². The van der Waals surface area contributed by atoms with Gasteiger partial charge in [-0.3, -0.25) is 0 Å². The van der Waals surface area contributed by atoms with E-state index >= 15 is 0 Å². The van der Waals surface area contributed by atoms with E-state index < -0.39 is 0 Å². The zero-order valence-electron chi connectivity index (χ0n) is 9.09. The highest BCUT2D eigenvalue weighted by Gasteiger charge is 2.22. The summed E-state index contributed by atoms with van der Waals surface area (Å²) in [5.74, 6) is 3.48. The maximum atomic E-state index is 5.39. The van der Waals surface area contributed by atoms with Crippen molar-refractivity contribution in [3.05, 3.63) is 0 Å². The Kier molecular flexibility index (Phi) is 5.66. The highest BCUT2D eigenvalue weighted by atomic mass is 16.5. The van der Waals surface area contributed by atoms with Crippen molar-refractivity contribution in [3.63, 3.8) is 0 Å². The third kappa shape index (κ3) is 3.69. The van der Waals surface area contributed by atoms with Crippen LogP contribution in [0.25, 0.3) is 0 Å². The molecule has 0 bridgehead atoms. The second kappa shape index (κ2) is 6.86. The molecule has 1 N–H and O–H groups in total. The Morgan fingerprint density at radius 3 is 2.79 bits per heavy atom. The molecule has 0 aromatic rings. The van der Waals surface area contributed by atoms with Gasteiger partial charge in [-0.1, -0.05) is 6.92 Å². The fourth-order valence-electron chi connectivity index (χ4n) is 1.98. The van der Waals surface area contributed by atoms with E-state index in [0.29, 0.717) is 12.0 Å². The predicted octanol–water partition coefficient (Wildman–Crippen LogP) is 1.80. The molecule has 1 aliphatic rings. The molecule has 1 atom stereocenters. The molecule has 14 heavy (non-hydrogen) atoms. The third-order valence-electron chi connectivity index (χ3n) is 2.83. The summed E-state index contributed by atoms with van der Waals surface area (Å²) in [5.41, 5.74) is 0. The molecule has 1 unspecified atom stereocenters. The lowest BCUT2D eigenvalue weighted by atomic mass is 9.90. The van der Waals surface area contributed by atoms with E-state index in [1.807, 2.05) is 0 Å². The van der Waals surface area contributed by atoms with Crippen LogP contribution < -0.4 is 5.32 Å². The lowest BCUT2D eigenvalue weighted by Gasteiger charge is -2.30. The molecular weight excluding hydrogens is 174 g/mol. The van der Waals surface area contributed by atoms with Gasteiger partial charge in [0.15, 0.2) is 0 Å². The Balaban J connectivity index is 2.35. The Morgan fingerprint density at radius 1 is 1.50 bits per heavy atom. The molecule has 80 valence electrons. The van der Waals surface area contributed by atoms with Crippen LogP contribution in [0.4, 0.5) is 0 Å². The minimum Gasteiger partial charge on any atom is -0.381 e. The van der Waals surface area contributed by atoms with Crippen molar-refractivity contribution in [1.29, 1.82) is 0 Å². The number of hydrogen-bond acceptors (Lipinski definition) is 2. The number of rotatable bonds is 5. The van der Waals surface area contributed by atoms with Crippen LogP contribution in [0.3, 0.4) is 0 Å². The summed E-state index contributed by atoms with van der Waals surface area (Å²) < 4.78 is 5.35. The number of ether oxygens (including phenoxy) is 1. The van der Waals surface area contributed by atoms with E-state index in [0.717, 1.165) is 39.0 Å². The molecule has 1 aliphatic heterocycles. The normalized spacial score (nSPS) is 20.3. The lowest BCUT2D eigenvalue weighted by Crippen LogP contribution is -2.39. The van der Waals surface area contributed by atoms with Crippen LogP contribution in [0.2, 0.25) is 0 Å². The first kappa shape index (κ1) is 11.6. The van der Waals surface area contributed by atoms with Gasteiger partial charge in [0.2, 0.25) is 0 Å². The second-order valence-corrected chi connectivity index (χ2v) is 3.92. The standard InChI is InChI=1S/C12H21NO/c1-3-5-12(13-8-4-2)11-6-9-14-10-7-11/h1,11-13H,4-10H2,2H3. The molecule has 0 aromatic heterocycles. The fraction of sp³-hybridized carbons (Fsp3) is 0.833. The topological polar surface area (TPSA) is 21.3 Å². The van der Waals surface area contributed by atoms with Gasteiger partial charge in [-0.05, 0) is 31.7 Å². The molecule has 0 saturated carbocycles. The molecular formula is C12H21NO.